The highest BCUT2D eigenvalue weighted by molar-refractivity contribution is 14.1. The predicted molar refractivity (Wildman–Crippen MR) is 117 cm³/mol. The summed E-state index contributed by atoms with van der Waals surface area (Å²) < 4.78 is 16.9. The summed E-state index contributed by atoms with van der Waals surface area (Å²) in [6, 6.07) is 3.73. The normalized spacial score (nSPS) is 16.6. The SMILES string of the molecule is CCCOc1c(I)cc(C=N/N=C2/NC(=O)/C(=C\C(=O)OC)S2)cc1OCC. The average molecular weight is 517 g/mol. The van der Waals surface area contributed by atoms with E-state index >= 15 is 0 Å². The van der Waals surface area contributed by atoms with Crippen LogP contribution in [0.3, 0.4) is 0 Å². The van der Waals surface area contributed by atoms with Crippen LogP contribution in [0.2, 0.25) is 0 Å². The van der Waals surface area contributed by atoms with Crippen molar-refractivity contribution in [3.63, 3.8) is 0 Å². The molecule has 1 N–H and O–H groups in total. The first-order valence-electron chi connectivity index (χ1n) is 8.47. The van der Waals surface area contributed by atoms with Crippen LogP contribution in [-0.4, -0.2) is 43.6 Å². The third-order valence-corrected chi connectivity index (χ3v) is 4.94. The number of rotatable bonds is 8. The summed E-state index contributed by atoms with van der Waals surface area (Å²) in [5.41, 5.74) is 0.778. The van der Waals surface area contributed by atoms with E-state index in [1.807, 2.05) is 26.0 Å². The van der Waals surface area contributed by atoms with Crippen LogP contribution in [0.25, 0.3) is 0 Å². The monoisotopic (exact) mass is 517 g/mol. The van der Waals surface area contributed by atoms with E-state index in [9.17, 15) is 9.59 Å². The fourth-order valence-corrected chi connectivity index (χ4v) is 3.58. The Morgan fingerprint density at radius 1 is 1.32 bits per heavy atom. The summed E-state index contributed by atoms with van der Waals surface area (Å²) in [6.45, 7) is 5.07. The fourth-order valence-electron chi connectivity index (χ4n) is 2.06. The quantitative estimate of drug-likeness (QED) is 0.187. The number of halogens is 1. The zero-order valence-corrected chi connectivity index (χ0v) is 18.6. The molecule has 0 unspecified atom stereocenters. The van der Waals surface area contributed by atoms with Gasteiger partial charge in [0.05, 0.1) is 35.0 Å². The molecule has 8 nitrogen and oxygen atoms in total. The van der Waals surface area contributed by atoms with Gasteiger partial charge >= 0.3 is 5.97 Å². The number of nitrogens with one attached hydrogen (secondary N) is 1. The van der Waals surface area contributed by atoms with Gasteiger partial charge in [0, 0.05) is 6.08 Å². The molecule has 28 heavy (non-hydrogen) atoms. The number of ether oxygens (including phenoxy) is 3. The van der Waals surface area contributed by atoms with E-state index in [-0.39, 0.29) is 10.1 Å². The van der Waals surface area contributed by atoms with Crippen LogP contribution < -0.4 is 14.8 Å². The number of amides is 1. The van der Waals surface area contributed by atoms with E-state index < -0.39 is 11.9 Å². The minimum absolute atomic E-state index is 0.200. The highest BCUT2D eigenvalue weighted by Crippen LogP contribution is 2.34. The Morgan fingerprint density at radius 2 is 2.11 bits per heavy atom. The molecule has 1 fully saturated rings. The summed E-state index contributed by atoms with van der Waals surface area (Å²) in [4.78, 5) is 23.2. The van der Waals surface area contributed by atoms with Gasteiger partial charge in [-0.15, -0.1) is 5.10 Å². The van der Waals surface area contributed by atoms with Crippen molar-refractivity contribution in [2.75, 3.05) is 20.3 Å². The van der Waals surface area contributed by atoms with Gasteiger partial charge in [0.2, 0.25) is 0 Å². The Hall–Kier alpha value is -2.08. The number of amidine groups is 1. The summed E-state index contributed by atoms with van der Waals surface area (Å²) in [7, 11) is 1.24. The molecule has 1 heterocycles. The van der Waals surface area contributed by atoms with E-state index in [2.05, 4.69) is 42.8 Å². The van der Waals surface area contributed by atoms with Crippen molar-refractivity contribution in [3.05, 3.63) is 32.2 Å². The molecule has 1 aliphatic heterocycles. The van der Waals surface area contributed by atoms with Crippen LogP contribution >= 0.6 is 34.4 Å². The molecule has 0 atom stereocenters. The largest absolute Gasteiger partial charge is 0.490 e. The van der Waals surface area contributed by atoms with Crippen molar-refractivity contribution < 1.29 is 23.8 Å². The van der Waals surface area contributed by atoms with Crippen LogP contribution in [0.5, 0.6) is 11.5 Å². The van der Waals surface area contributed by atoms with E-state index in [0.717, 1.165) is 33.4 Å². The second-order valence-electron chi connectivity index (χ2n) is 5.35. The number of esters is 1. The third-order valence-electron chi connectivity index (χ3n) is 3.24. The molecular weight excluding hydrogens is 497 g/mol. The smallest absolute Gasteiger partial charge is 0.331 e. The Morgan fingerprint density at radius 3 is 2.79 bits per heavy atom. The van der Waals surface area contributed by atoms with Crippen molar-refractivity contribution in [2.45, 2.75) is 20.3 Å². The van der Waals surface area contributed by atoms with E-state index in [1.165, 1.54) is 7.11 Å². The number of carbonyl (C=O) groups is 2. The molecule has 0 radical (unpaired) electrons. The van der Waals surface area contributed by atoms with Gasteiger partial charge in [0.15, 0.2) is 16.7 Å². The maximum Gasteiger partial charge on any atom is 0.331 e. The number of carbonyl (C=O) groups excluding carboxylic acids is 2. The van der Waals surface area contributed by atoms with Crippen molar-refractivity contribution in [1.82, 2.24) is 5.32 Å². The molecule has 0 aliphatic carbocycles. The lowest BCUT2D eigenvalue weighted by atomic mass is 10.2. The first-order valence-corrected chi connectivity index (χ1v) is 10.4. The number of methoxy groups -OCH3 is 1. The lowest BCUT2D eigenvalue weighted by molar-refractivity contribution is -0.135. The highest BCUT2D eigenvalue weighted by Gasteiger charge is 2.25. The van der Waals surface area contributed by atoms with Crippen molar-refractivity contribution >= 4 is 57.6 Å². The van der Waals surface area contributed by atoms with Crippen LogP contribution in [0.15, 0.2) is 33.3 Å². The minimum atomic E-state index is -0.606. The molecule has 1 amide bonds. The molecule has 1 saturated heterocycles. The molecule has 0 bridgehead atoms. The summed E-state index contributed by atoms with van der Waals surface area (Å²) in [5, 5.41) is 10.8. The Balaban J connectivity index is 2.15. The molecule has 1 aliphatic rings. The first kappa shape index (κ1) is 22.2. The van der Waals surface area contributed by atoms with Gasteiger partial charge < -0.3 is 14.2 Å². The summed E-state index contributed by atoms with van der Waals surface area (Å²) >= 11 is 3.20. The van der Waals surface area contributed by atoms with Gasteiger partial charge in [-0.25, -0.2) is 4.79 Å². The Kier molecular flexibility index (Phi) is 8.77. The van der Waals surface area contributed by atoms with Crippen LogP contribution in [0.1, 0.15) is 25.8 Å². The molecule has 0 spiro atoms. The number of nitrogens with zero attached hydrogens (tertiary/aromatic N) is 2. The lowest BCUT2D eigenvalue weighted by Gasteiger charge is -2.14. The number of hydrogen-bond donors (Lipinski definition) is 1. The topological polar surface area (TPSA) is 98.6 Å². The van der Waals surface area contributed by atoms with Gasteiger partial charge in [-0.1, -0.05) is 6.92 Å². The van der Waals surface area contributed by atoms with Gasteiger partial charge in [-0.2, -0.15) is 5.10 Å². The molecule has 0 saturated carbocycles. The van der Waals surface area contributed by atoms with E-state index in [4.69, 9.17) is 9.47 Å². The lowest BCUT2D eigenvalue weighted by Crippen LogP contribution is -2.19. The standard InChI is InChI=1S/C18H20IN3O5S/c1-4-6-27-16-12(19)7-11(8-13(16)26-5-2)10-20-22-18-21-17(24)14(28-18)9-15(23)25-3/h7-10H,4-6H2,1-3H3,(H,21,22,24)/b14-9+,20-10?. The molecule has 150 valence electrons. The maximum atomic E-state index is 11.8. The molecular formula is C18H20IN3O5S. The zero-order valence-electron chi connectivity index (χ0n) is 15.7. The van der Waals surface area contributed by atoms with Crippen molar-refractivity contribution in [2.24, 2.45) is 10.2 Å². The summed E-state index contributed by atoms with van der Waals surface area (Å²) in [6.07, 6.45) is 3.56. The highest BCUT2D eigenvalue weighted by atomic mass is 127. The van der Waals surface area contributed by atoms with Crippen LogP contribution in [-0.2, 0) is 14.3 Å². The third kappa shape index (κ3) is 6.23. The molecule has 10 heteroatoms. The van der Waals surface area contributed by atoms with Gasteiger partial charge in [0.1, 0.15) is 0 Å². The molecule has 1 aromatic rings. The molecule has 1 aromatic carbocycles. The van der Waals surface area contributed by atoms with E-state index in [0.29, 0.717) is 24.7 Å². The first-order chi connectivity index (χ1) is 13.5. The van der Waals surface area contributed by atoms with Gasteiger partial charge in [-0.05, 0) is 65.4 Å². The summed E-state index contributed by atoms with van der Waals surface area (Å²) in [5.74, 6) is 0.327. The number of hydrogen-bond acceptors (Lipinski definition) is 8. The van der Waals surface area contributed by atoms with Crippen molar-refractivity contribution in [1.29, 1.82) is 0 Å². The van der Waals surface area contributed by atoms with Crippen LogP contribution in [0, 0.1) is 3.57 Å². The minimum Gasteiger partial charge on any atom is -0.490 e. The Labute approximate surface area is 180 Å². The number of thioether (sulfide) groups is 1. The maximum absolute atomic E-state index is 11.8. The van der Waals surface area contributed by atoms with Crippen LogP contribution in [0.4, 0.5) is 0 Å². The molecule has 0 aromatic heterocycles. The van der Waals surface area contributed by atoms with E-state index in [1.54, 1.807) is 6.21 Å². The van der Waals surface area contributed by atoms with Crippen molar-refractivity contribution in [3.8, 4) is 11.5 Å². The zero-order chi connectivity index (χ0) is 20.5. The van der Waals surface area contributed by atoms with Gasteiger partial charge in [-0.3, -0.25) is 10.1 Å². The Bertz CT molecular complexity index is 839. The fraction of sp³-hybridized carbons (Fsp3) is 0.333. The predicted octanol–water partition coefficient (Wildman–Crippen LogP) is 3.09. The second kappa shape index (κ2) is 11.1. The number of benzene rings is 1. The van der Waals surface area contributed by atoms with Gasteiger partial charge in [0.25, 0.3) is 5.91 Å². The average Bonchev–Trinajstić information content (AvgIpc) is 3.00. The second-order valence-corrected chi connectivity index (χ2v) is 7.54. The molecule has 2 rings (SSSR count).